The first-order valence-electron chi connectivity index (χ1n) is 8.90. The van der Waals surface area contributed by atoms with Crippen LogP contribution in [0.2, 0.25) is 5.02 Å². The zero-order valence-corrected chi connectivity index (χ0v) is 17.7. The predicted molar refractivity (Wildman–Crippen MR) is 112 cm³/mol. The van der Waals surface area contributed by atoms with Gasteiger partial charge in [-0.15, -0.1) is 4.72 Å². The molecular formula is C21H26ClNO3S. The van der Waals surface area contributed by atoms with Gasteiger partial charge in [-0.25, -0.2) is 0 Å². The highest BCUT2D eigenvalue weighted by atomic mass is 35.5. The summed E-state index contributed by atoms with van der Waals surface area (Å²) in [5, 5.41) is 0.660. The molecule has 0 saturated heterocycles. The number of carbonyl (C=O) groups is 1. The Balaban J connectivity index is 2.33. The number of carbonyl (C=O) groups excluding carboxylic acids is 1. The lowest BCUT2D eigenvalue weighted by Gasteiger charge is -2.28. The predicted octanol–water partition coefficient (Wildman–Crippen LogP) is 5.05. The van der Waals surface area contributed by atoms with Crippen molar-refractivity contribution in [1.82, 2.24) is 4.72 Å². The Morgan fingerprint density at radius 3 is 2.41 bits per heavy atom. The zero-order chi connectivity index (χ0) is 20.0. The van der Waals surface area contributed by atoms with Crippen molar-refractivity contribution in [3.8, 4) is 11.1 Å². The highest BCUT2D eigenvalue weighted by Crippen LogP contribution is 2.28. The molecule has 6 heteroatoms. The summed E-state index contributed by atoms with van der Waals surface area (Å²) in [7, 11) is 0. The third-order valence-electron chi connectivity index (χ3n) is 3.93. The molecule has 2 aromatic carbocycles. The number of esters is 1. The average Bonchev–Trinajstić information content (AvgIpc) is 2.60. The molecule has 0 aliphatic heterocycles. The Hall–Kier alpha value is -1.53. The van der Waals surface area contributed by atoms with Crippen molar-refractivity contribution in [2.45, 2.75) is 44.9 Å². The van der Waals surface area contributed by atoms with Gasteiger partial charge in [-0.1, -0.05) is 41.9 Å². The van der Waals surface area contributed by atoms with E-state index < -0.39 is 22.2 Å². The molecule has 27 heavy (non-hydrogen) atoms. The maximum atomic E-state index is 12.6. The molecule has 2 rings (SSSR count). The van der Waals surface area contributed by atoms with E-state index in [2.05, 4.69) is 4.72 Å². The Kier molecular flexibility index (Phi) is 7.74. The maximum Gasteiger partial charge on any atom is 0.307 e. The fourth-order valence-electron chi connectivity index (χ4n) is 2.52. The molecule has 0 amide bonds. The fourth-order valence-corrected chi connectivity index (χ4v) is 3.54. The smallest absolute Gasteiger partial charge is 0.307 e. The minimum atomic E-state index is -1.32. The average molecular weight is 408 g/mol. The molecule has 0 spiro atoms. The number of ether oxygens (including phenoxy) is 1. The molecule has 0 radical (unpaired) electrons. The quantitative estimate of drug-likeness (QED) is 0.515. The van der Waals surface area contributed by atoms with Gasteiger partial charge in [0.05, 0.1) is 19.1 Å². The maximum absolute atomic E-state index is 12.6. The molecule has 0 heterocycles. The molecule has 0 aliphatic carbocycles. The van der Waals surface area contributed by atoms with Gasteiger partial charge in [-0.3, -0.25) is 4.79 Å². The number of hydrogen-bond donors (Lipinski definition) is 1. The minimum Gasteiger partial charge on any atom is -0.598 e. The molecule has 0 aromatic heterocycles. The van der Waals surface area contributed by atoms with Crippen LogP contribution < -0.4 is 4.72 Å². The van der Waals surface area contributed by atoms with Crippen LogP contribution in [-0.4, -0.2) is 21.9 Å². The Morgan fingerprint density at radius 1 is 1.19 bits per heavy atom. The van der Waals surface area contributed by atoms with Crippen molar-refractivity contribution in [3.05, 3.63) is 59.1 Å². The summed E-state index contributed by atoms with van der Waals surface area (Å²) in [5.41, 5.74) is 2.83. The summed E-state index contributed by atoms with van der Waals surface area (Å²) in [6.07, 6.45) is 0.106. The molecule has 0 aliphatic rings. The van der Waals surface area contributed by atoms with Crippen LogP contribution in [0, 0.1) is 0 Å². The molecule has 0 saturated carbocycles. The zero-order valence-electron chi connectivity index (χ0n) is 16.1. The van der Waals surface area contributed by atoms with Crippen LogP contribution in [0.25, 0.3) is 11.1 Å². The standard InChI is InChI=1S/C21H26ClNO3S/c1-5-26-20(24)14-19(23-27(25)21(2,3)4)17-10-6-8-15(12-17)16-9-7-11-18(22)13-16/h6-13,19,23H,5,14H2,1-4H3/t19-,27?/m0/s1. The first-order chi connectivity index (χ1) is 12.7. The fraction of sp³-hybridized carbons (Fsp3) is 0.381. The van der Waals surface area contributed by atoms with Gasteiger partial charge in [0.25, 0.3) is 0 Å². The van der Waals surface area contributed by atoms with Crippen molar-refractivity contribution in [2.75, 3.05) is 6.61 Å². The SMILES string of the molecule is CCOC(=O)C[C@H](N[S+]([O-])C(C)(C)C)c1cccc(-c2cccc(Cl)c2)c1. The summed E-state index contributed by atoms with van der Waals surface area (Å²) in [6, 6.07) is 15.0. The summed E-state index contributed by atoms with van der Waals surface area (Å²) >= 11 is 4.78. The number of hydrogen-bond acceptors (Lipinski definition) is 4. The first-order valence-corrected chi connectivity index (χ1v) is 10.4. The Labute approximate surface area is 169 Å². The molecule has 0 bridgehead atoms. The molecule has 1 unspecified atom stereocenters. The van der Waals surface area contributed by atoms with Crippen LogP contribution in [0.5, 0.6) is 0 Å². The summed E-state index contributed by atoms with van der Waals surface area (Å²) in [4.78, 5) is 12.1. The number of nitrogens with one attached hydrogen (secondary N) is 1. The molecule has 2 atom stereocenters. The van der Waals surface area contributed by atoms with Crippen LogP contribution in [0.15, 0.2) is 48.5 Å². The van der Waals surface area contributed by atoms with Gasteiger partial charge < -0.3 is 9.29 Å². The lowest BCUT2D eigenvalue weighted by molar-refractivity contribution is -0.143. The minimum absolute atomic E-state index is 0.106. The molecule has 0 fully saturated rings. The van der Waals surface area contributed by atoms with Crippen molar-refractivity contribution < 1.29 is 14.1 Å². The Morgan fingerprint density at radius 2 is 1.81 bits per heavy atom. The van der Waals surface area contributed by atoms with Crippen LogP contribution in [0.1, 0.15) is 45.7 Å². The first kappa shape index (κ1) is 21.8. The van der Waals surface area contributed by atoms with Gasteiger partial charge in [0.15, 0.2) is 0 Å². The second-order valence-electron chi connectivity index (χ2n) is 7.20. The second kappa shape index (κ2) is 9.60. The van der Waals surface area contributed by atoms with E-state index in [1.54, 1.807) is 6.92 Å². The van der Waals surface area contributed by atoms with E-state index in [0.717, 1.165) is 16.7 Å². The van der Waals surface area contributed by atoms with Crippen LogP contribution in [0.3, 0.4) is 0 Å². The van der Waals surface area contributed by atoms with Gasteiger partial charge in [-0.2, -0.15) is 0 Å². The van der Waals surface area contributed by atoms with Crippen molar-refractivity contribution in [3.63, 3.8) is 0 Å². The van der Waals surface area contributed by atoms with Crippen LogP contribution >= 0.6 is 11.6 Å². The third kappa shape index (κ3) is 6.54. The van der Waals surface area contributed by atoms with Gasteiger partial charge >= 0.3 is 5.97 Å². The van der Waals surface area contributed by atoms with E-state index in [9.17, 15) is 9.35 Å². The number of rotatable bonds is 7. The van der Waals surface area contributed by atoms with E-state index in [-0.39, 0.29) is 12.4 Å². The van der Waals surface area contributed by atoms with E-state index in [4.69, 9.17) is 16.3 Å². The molecule has 146 valence electrons. The highest BCUT2D eigenvalue weighted by Gasteiger charge is 2.31. The summed E-state index contributed by atoms with van der Waals surface area (Å²) in [6.45, 7) is 7.75. The third-order valence-corrected chi connectivity index (χ3v) is 5.77. The van der Waals surface area contributed by atoms with Crippen molar-refractivity contribution in [1.29, 1.82) is 0 Å². The monoisotopic (exact) mass is 407 g/mol. The topological polar surface area (TPSA) is 61.4 Å². The number of halogens is 1. The van der Waals surface area contributed by atoms with E-state index in [1.807, 2.05) is 69.3 Å². The molecule has 2 aromatic rings. The van der Waals surface area contributed by atoms with Gasteiger partial charge in [0.1, 0.15) is 4.75 Å². The highest BCUT2D eigenvalue weighted by molar-refractivity contribution is 7.90. The molecule has 4 nitrogen and oxygen atoms in total. The van der Waals surface area contributed by atoms with E-state index >= 15 is 0 Å². The molecule has 1 N–H and O–H groups in total. The van der Waals surface area contributed by atoms with Gasteiger partial charge in [0.2, 0.25) is 0 Å². The van der Waals surface area contributed by atoms with Crippen LogP contribution in [0.4, 0.5) is 0 Å². The van der Waals surface area contributed by atoms with Gasteiger partial charge in [0, 0.05) is 16.4 Å². The largest absolute Gasteiger partial charge is 0.598 e. The normalized spacial score (nSPS) is 13.9. The van der Waals surface area contributed by atoms with E-state index in [1.165, 1.54) is 0 Å². The van der Waals surface area contributed by atoms with Crippen LogP contribution in [-0.2, 0) is 20.9 Å². The lowest BCUT2D eigenvalue weighted by Crippen LogP contribution is -2.42. The summed E-state index contributed by atoms with van der Waals surface area (Å²) in [5.74, 6) is -0.325. The van der Waals surface area contributed by atoms with Gasteiger partial charge in [-0.05, 0) is 62.6 Å². The number of benzene rings is 2. The van der Waals surface area contributed by atoms with Crippen molar-refractivity contribution >= 4 is 28.9 Å². The lowest BCUT2D eigenvalue weighted by atomic mass is 9.98. The Bertz CT molecular complexity index is 776. The van der Waals surface area contributed by atoms with E-state index in [0.29, 0.717) is 11.6 Å². The summed E-state index contributed by atoms with van der Waals surface area (Å²) < 4.78 is 20.4. The molecular weight excluding hydrogens is 382 g/mol. The second-order valence-corrected chi connectivity index (χ2v) is 9.63. The van der Waals surface area contributed by atoms with Crippen molar-refractivity contribution in [2.24, 2.45) is 0 Å².